The van der Waals surface area contributed by atoms with Crippen LogP contribution in [0.25, 0.3) is 0 Å². The highest BCUT2D eigenvalue weighted by Crippen LogP contribution is 2.15. The molecule has 0 unspecified atom stereocenters. The van der Waals surface area contributed by atoms with Crippen molar-refractivity contribution in [2.24, 2.45) is 0 Å². The van der Waals surface area contributed by atoms with Crippen LogP contribution in [0.2, 0.25) is 0 Å². The molecular formula is C19H23N3O5S. The van der Waals surface area contributed by atoms with Gasteiger partial charge in [0.1, 0.15) is 5.75 Å². The van der Waals surface area contributed by atoms with Gasteiger partial charge in [-0.15, -0.1) is 0 Å². The molecule has 0 aliphatic rings. The van der Waals surface area contributed by atoms with Gasteiger partial charge in [-0.2, -0.15) is 0 Å². The Balaban J connectivity index is 1.90. The summed E-state index contributed by atoms with van der Waals surface area (Å²) >= 11 is 0. The lowest BCUT2D eigenvalue weighted by Crippen LogP contribution is -2.43. The average Bonchev–Trinajstić information content (AvgIpc) is 2.70. The van der Waals surface area contributed by atoms with Crippen molar-refractivity contribution in [1.82, 2.24) is 15.2 Å². The normalized spacial score (nSPS) is 11.1. The Morgan fingerprint density at radius 1 is 1.04 bits per heavy atom. The van der Waals surface area contributed by atoms with E-state index in [4.69, 9.17) is 4.74 Å². The molecule has 0 saturated carbocycles. The maximum absolute atomic E-state index is 12.2. The highest BCUT2D eigenvalue weighted by molar-refractivity contribution is 7.89. The third-order valence-corrected chi connectivity index (χ3v) is 5.70. The van der Waals surface area contributed by atoms with Crippen molar-refractivity contribution >= 4 is 21.8 Å². The zero-order valence-corrected chi connectivity index (χ0v) is 16.7. The molecule has 2 aromatic carbocycles. The summed E-state index contributed by atoms with van der Waals surface area (Å²) in [5.74, 6) is -0.651. The van der Waals surface area contributed by atoms with Crippen molar-refractivity contribution in [3.8, 4) is 5.75 Å². The van der Waals surface area contributed by atoms with Gasteiger partial charge in [0, 0.05) is 19.7 Å². The molecule has 0 fully saturated rings. The first-order chi connectivity index (χ1) is 13.2. The Labute approximate surface area is 164 Å². The first kappa shape index (κ1) is 21.4. The van der Waals surface area contributed by atoms with E-state index in [9.17, 15) is 18.0 Å². The summed E-state index contributed by atoms with van der Waals surface area (Å²) in [6.07, 6.45) is 0.907. The van der Waals surface area contributed by atoms with Crippen molar-refractivity contribution in [1.29, 1.82) is 0 Å². The molecule has 8 nitrogen and oxygen atoms in total. The lowest BCUT2D eigenvalue weighted by atomic mass is 10.2. The summed E-state index contributed by atoms with van der Waals surface area (Å²) in [4.78, 5) is 24.0. The van der Waals surface area contributed by atoms with Gasteiger partial charge in [0.05, 0.1) is 4.90 Å². The molecule has 28 heavy (non-hydrogen) atoms. The van der Waals surface area contributed by atoms with Crippen molar-refractivity contribution in [3.05, 3.63) is 59.7 Å². The summed E-state index contributed by atoms with van der Waals surface area (Å²) in [5.41, 5.74) is 5.72. The molecular weight excluding hydrogens is 382 g/mol. The summed E-state index contributed by atoms with van der Waals surface area (Å²) in [5, 5.41) is 0. The molecule has 2 N–H and O–H groups in total. The van der Waals surface area contributed by atoms with E-state index >= 15 is 0 Å². The van der Waals surface area contributed by atoms with Gasteiger partial charge in [0.2, 0.25) is 10.0 Å². The molecule has 0 saturated heterocycles. The van der Waals surface area contributed by atoms with E-state index in [-0.39, 0.29) is 17.1 Å². The Hall–Kier alpha value is -2.91. The molecule has 0 aliphatic carbocycles. The number of hydrazine groups is 1. The van der Waals surface area contributed by atoms with Gasteiger partial charge in [-0.1, -0.05) is 25.1 Å². The van der Waals surface area contributed by atoms with Crippen LogP contribution in [0, 0.1) is 0 Å². The fourth-order valence-corrected chi connectivity index (χ4v) is 3.16. The maximum atomic E-state index is 12.2. The van der Waals surface area contributed by atoms with E-state index in [0.717, 1.165) is 16.3 Å². The first-order valence-corrected chi connectivity index (χ1v) is 10.0. The van der Waals surface area contributed by atoms with Crippen LogP contribution in [-0.4, -0.2) is 45.2 Å². The number of rotatable bonds is 7. The predicted octanol–water partition coefficient (Wildman–Crippen LogP) is 1.34. The Morgan fingerprint density at radius 2 is 1.71 bits per heavy atom. The largest absolute Gasteiger partial charge is 0.484 e. The fourth-order valence-electron chi connectivity index (χ4n) is 2.21. The van der Waals surface area contributed by atoms with Crippen LogP contribution in [0.15, 0.2) is 53.4 Å². The van der Waals surface area contributed by atoms with Crippen LogP contribution in [0.5, 0.6) is 5.75 Å². The second-order valence-electron chi connectivity index (χ2n) is 6.10. The molecule has 0 aliphatic heterocycles. The SMILES string of the molecule is CCc1ccc(OCC(=O)NNC(=O)c2cccc(S(=O)(=O)N(C)C)c2)cc1. The van der Waals surface area contributed by atoms with Gasteiger partial charge in [-0.3, -0.25) is 20.4 Å². The van der Waals surface area contributed by atoms with Crippen LogP contribution in [0.1, 0.15) is 22.8 Å². The Kier molecular flexibility index (Phi) is 7.13. The molecule has 0 bridgehead atoms. The topological polar surface area (TPSA) is 105 Å². The fraction of sp³-hybridized carbons (Fsp3) is 0.263. The van der Waals surface area contributed by atoms with E-state index in [1.165, 1.54) is 38.4 Å². The number of sulfonamides is 1. The number of amides is 2. The minimum absolute atomic E-state index is 0.0182. The third kappa shape index (κ3) is 5.54. The molecule has 150 valence electrons. The predicted molar refractivity (Wildman–Crippen MR) is 104 cm³/mol. The second kappa shape index (κ2) is 9.34. The van der Waals surface area contributed by atoms with Crippen molar-refractivity contribution in [3.63, 3.8) is 0 Å². The van der Waals surface area contributed by atoms with Gasteiger partial charge < -0.3 is 4.74 Å². The van der Waals surface area contributed by atoms with E-state index in [1.807, 2.05) is 19.1 Å². The number of ether oxygens (including phenoxy) is 1. The van der Waals surface area contributed by atoms with E-state index in [0.29, 0.717) is 5.75 Å². The molecule has 9 heteroatoms. The number of hydrogen-bond donors (Lipinski definition) is 2. The van der Waals surface area contributed by atoms with Crippen LogP contribution >= 0.6 is 0 Å². The number of hydrogen-bond acceptors (Lipinski definition) is 5. The van der Waals surface area contributed by atoms with E-state index in [1.54, 1.807) is 12.1 Å². The highest BCUT2D eigenvalue weighted by Gasteiger charge is 2.18. The quantitative estimate of drug-likeness (QED) is 0.677. The summed E-state index contributed by atoms with van der Waals surface area (Å²) in [7, 11) is -0.861. The van der Waals surface area contributed by atoms with Crippen molar-refractivity contribution < 1.29 is 22.7 Å². The van der Waals surface area contributed by atoms with Gasteiger partial charge in [0.15, 0.2) is 6.61 Å². The van der Waals surface area contributed by atoms with E-state index < -0.39 is 21.8 Å². The second-order valence-corrected chi connectivity index (χ2v) is 8.26. The zero-order chi connectivity index (χ0) is 20.7. The minimum atomic E-state index is -3.66. The molecule has 2 amide bonds. The summed E-state index contributed by atoms with van der Waals surface area (Å²) < 4.78 is 30.7. The number of carbonyl (C=O) groups is 2. The smallest absolute Gasteiger partial charge is 0.276 e. The average molecular weight is 405 g/mol. The van der Waals surface area contributed by atoms with Gasteiger partial charge in [0.25, 0.3) is 11.8 Å². The van der Waals surface area contributed by atoms with Crippen LogP contribution in [0.3, 0.4) is 0 Å². The number of aryl methyl sites for hydroxylation is 1. The number of nitrogens with one attached hydrogen (secondary N) is 2. The Morgan fingerprint density at radius 3 is 2.32 bits per heavy atom. The maximum Gasteiger partial charge on any atom is 0.276 e. The van der Waals surface area contributed by atoms with Crippen molar-refractivity contribution in [2.45, 2.75) is 18.2 Å². The molecule has 0 aromatic heterocycles. The Bertz CT molecular complexity index is 940. The lowest BCUT2D eigenvalue weighted by Gasteiger charge is -2.12. The number of carbonyl (C=O) groups excluding carboxylic acids is 2. The monoisotopic (exact) mass is 405 g/mol. The number of nitrogens with zero attached hydrogens (tertiary/aromatic N) is 1. The zero-order valence-electron chi connectivity index (χ0n) is 15.9. The molecule has 2 aromatic rings. The highest BCUT2D eigenvalue weighted by atomic mass is 32.2. The number of benzene rings is 2. The molecule has 2 rings (SSSR count). The molecule has 0 atom stereocenters. The summed E-state index contributed by atoms with van der Waals surface area (Å²) in [6.45, 7) is 1.76. The summed E-state index contributed by atoms with van der Waals surface area (Å²) in [6, 6.07) is 12.9. The third-order valence-electron chi connectivity index (χ3n) is 3.89. The van der Waals surface area contributed by atoms with Crippen LogP contribution in [0.4, 0.5) is 0 Å². The van der Waals surface area contributed by atoms with Crippen LogP contribution < -0.4 is 15.6 Å². The first-order valence-electron chi connectivity index (χ1n) is 8.57. The van der Waals surface area contributed by atoms with Crippen LogP contribution in [-0.2, 0) is 21.2 Å². The van der Waals surface area contributed by atoms with E-state index in [2.05, 4.69) is 10.9 Å². The van der Waals surface area contributed by atoms with Gasteiger partial charge in [-0.05, 0) is 42.3 Å². The van der Waals surface area contributed by atoms with Gasteiger partial charge in [-0.25, -0.2) is 12.7 Å². The lowest BCUT2D eigenvalue weighted by molar-refractivity contribution is -0.123. The molecule has 0 radical (unpaired) electrons. The standard InChI is InChI=1S/C19H23N3O5S/c1-4-14-8-10-16(11-9-14)27-13-18(23)20-21-19(24)15-6-5-7-17(12-15)28(25,26)22(2)3/h5-12H,4,13H2,1-3H3,(H,20,23)(H,21,24). The molecule has 0 spiro atoms. The minimum Gasteiger partial charge on any atom is -0.484 e. The molecule has 0 heterocycles. The van der Waals surface area contributed by atoms with Gasteiger partial charge >= 0.3 is 0 Å². The van der Waals surface area contributed by atoms with Crippen molar-refractivity contribution in [2.75, 3.05) is 20.7 Å².